The molecule has 1 aromatic rings. The van der Waals surface area contributed by atoms with Gasteiger partial charge >= 0.3 is 0 Å². The van der Waals surface area contributed by atoms with E-state index in [1.165, 1.54) is 13.0 Å². The van der Waals surface area contributed by atoms with E-state index in [1.54, 1.807) is 19.1 Å². The summed E-state index contributed by atoms with van der Waals surface area (Å²) in [6.07, 6.45) is 2.16. The number of benzene rings is 1. The van der Waals surface area contributed by atoms with Gasteiger partial charge in [0.2, 0.25) is 15.9 Å². The summed E-state index contributed by atoms with van der Waals surface area (Å²) in [5.74, 6) is -0.263. The van der Waals surface area contributed by atoms with Crippen molar-refractivity contribution in [3.63, 3.8) is 0 Å². The van der Waals surface area contributed by atoms with Crippen molar-refractivity contribution in [3.8, 4) is 0 Å². The van der Waals surface area contributed by atoms with Crippen molar-refractivity contribution in [1.29, 1.82) is 0 Å². The van der Waals surface area contributed by atoms with E-state index in [-0.39, 0.29) is 17.4 Å². The molecule has 7 heteroatoms. The van der Waals surface area contributed by atoms with Crippen LogP contribution in [-0.4, -0.2) is 31.6 Å². The highest BCUT2D eigenvalue weighted by molar-refractivity contribution is 7.89. The van der Waals surface area contributed by atoms with Gasteiger partial charge in [0.1, 0.15) is 0 Å². The Morgan fingerprint density at radius 3 is 2.52 bits per heavy atom. The van der Waals surface area contributed by atoms with Gasteiger partial charge in [-0.1, -0.05) is 6.07 Å². The molecule has 0 bridgehead atoms. The maximum atomic E-state index is 12.5. The fraction of sp³-hybridized carbons (Fsp3) is 0.500. The van der Waals surface area contributed by atoms with Crippen LogP contribution in [0.1, 0.15) is 31.7 Å². The number of carbonyl (C=O) groups is 1. The van der Waals surface area contributed by atoms with Crippen molar-refractivity contribution < 1.29 is 18.3 Å². The summed E-state index contributed by atoms with van der Waals surface area (Å²) in [4.78, 5) is 11.2. The minimum absolute atomic E-state index is 0.119. The molecule has 1 saturated carbocycles. The lowest BCUT2D eigenvalue weighted by molar-refractivity contribution is -0.114. The van der Waals surface area contributed by atoms with Gasteiger partial charge in [0.25, 0.3) is 0 Å². The van der Waals surface area contributed by atoms with Gasteiger partial charge in [-0.15, -0.1) is 0 Å². The lowest BCUT2D eigenvalue weighted by Gasteiger charge is -2.40. The number of anilines is 1. The van der Waals surface area contributed by atoms with Gasteiger partial charge in [0, 0.05) is 12.6 Å². The van der Waals surface area contributed by atoms with Crippen molar-refractivity contribution in [2.24, 2.45) is 0 Å². The number of amides is 1. The van der Waals surface area contributed by atoms with Gasteiger partial charge in [-0.3, -0.25) is 4.79 Å². The molecule has 2 rings (SSSR count). The Kier molecular flexibility index (Phi) is 4.36. The number of aliphatic hydroxyl groups is 1. The maximum absolute atomic E-state index is 12.5. The lowest BCUT2D eigenvalue weighted by Crippen LogP contribution is -2.56. The molecule has 116 valence electrons. The molecule has 0 aliphatic heterocycles. The Bertz CT molecular complexity index is 645. The Hall–Kier alpha value is -1.44. The van der Waals surface area contributed by atoms with Crippen LogP contribution in [0.2, 0.25) is 0 Å². The molecule has 0 unspecified atom stereocenters. The number of carbonyl (C=O) groups excluding carboxylic acids is 1. The number of sulfonamides is 1. The smallest absolute Gasteiger partial charge is 0.241 e. The molecule has 3 N–H and O–H groups in total. The molecule has 1 fully saturated rings. The third-order valence-corrected chi connectivity index (χ3v) is 5.48. The Morgan fingerprint density at radius 1 is 1.38 bits per heavy atom. The third kappa shape index (κ3) is 3.42. The van der Waals surface area contributed by atoms with E-state index >= 15 is 0 Å². The topological polar surface area (TPSA) is 95.5 Å². The van der Waals surface area contributed by atoms with Gasteiger partial charge in [-0.05, 0) is 43.9 Å². The first-order valence-corrected chi connectivity index (χ1v) is 8.29. The minimum Gasteiger partial charge on any atom is -0.394 e. The Labute approximate surface area is 124 Å². The fourth-order valence-electron chi connectivity index (χ4n) is 2.41. The molecule has 1 aromatic carbocycles. The van der Waals surface area contributed by atoms with Crippen LogP contribution in [-0.2, 0) is 14.8 Å². The summed E-state index contributed by atoms with van der Waals surface area (Å²) >= 11 is 0. The molecule has 0 atom stereocenters. The molecule has 0 aromatic heterocycles. The molecule has 0 saturated heterocycles. The van der Waals surface area contributed by atoms with E-state index in [2.05, 4.69) is 10.0 Å². The molecule has 1 amide bonds. The number of hydrogen-bond donors (Lipinski definition) is 3. The molecular weight excluding hydrogens is 292 g/mol. The van der Waals surface area contributed by atoms with Crippen LogP contribution in [0.15, 0.2) is 23.1 Å². The van der Waals surface area contributed by atoms with Crippen LogP contribution in [0.3, 0.4) is 0 Å². The van der Waals surface area contributed by atoms with E-state index < -0.39 is 15.6 Å². The zero-order valence-electron chi connectivity index (χ0n) is 12.1. The SMILES string of the molecule is CC(=O)Nc1ccc(C)c(S(=O)(=O)NC2(CO)CCC2)c1. The number of nitrogens with one attached hydrogen (secondary N) is 2. The first-order valence-electron chi connectivity index (χ1n) is 6.81. The number of hydrogen-bond acceptors (Lipinski definition) is 4. The fourth-order valence-corrected chi connectivity index (χ4v) is 4.13. The largest absolute Gasteiger partial charge is 0.394 e. The van der Waals surface area contributed by atoms with E-state index in [4.69, 9.17) is 0 Å². The highest BCUT2D eigenvalue weighted by Gasteiger charge is 2.40. The number of aryl methyl sites for hydroxylation is 1. The quantitative estimate of drug-likeness (QED) is 0.760. The van der Waals surface area contributed by atoms with E-state index in [0.717, 1.165) is 6.42 Å². The number of rotatable bonds is 5. The summed E-state index contributed by atoms with van der Waals surface area (Å²) in [6, 6.07) is 4.73. The predicted molar refractivity (Wildman–Crippen MR) is 79.5 cm³/mol. The molecule has 21 heavy (non-hydrogen) atoms. The van der Waals surface area contributed by atoms with Crippen LogP contribution in [0, 0.1) is 6.92 Å². The lowest BCUT2D eigenvalue weighted by atomic mass is 9.78. The van der Waals surface area contributed by atoms with E-state index in [9.17, 15) is 18.3 Å². The van der Waals surface area contributed by atoms with Crippen LogP contribution in [0.4, 0.5) is 5.69 Å². The van der Waals surface area contributed by atoms with Crippen molar-refractivity contribution in [2.45, 2.75) is 43.5 Å². The molecule has 0 spiro atoms. The van der Waals surface area contributed by atoms with Crippen molar-refractivity contribution >= 4 is 21.6 Å². The monoisotopic (exact) mass is 312 g/mol. The van der Waals surface area contributed by atoms with E-state index in [1.807, 2.05) is 0 Å². The summed E-state index contributed by atoms with van der Waals surface area (Å²) in [6.45, 7) is 2.84. The van der Waals surface area contributed by atoms with E-state index in [0.29, 0.717) is 24.1 Å². The van der Waals surface area contributed by atoms with Crippen molar-refractivity contribution in [1.82, 2.24) is 4.72 Å². The zero-order chi connectivity index (χ0) is 15.7. The van der Waals surface area contributed by atoms with Crippen LogP contribution in [0.5, 0.6) is 0 Å². The van der Waals surface area contributed by atoms with Crippen LogP contribution >= 0.6 is 0 Å². The average Bonchev–Trinajstić information content (AvgIpc) is 2.35. The Morgan fingerprint density at radius 2 is 2.05 bits per heavy atom. The second-order valence-corrected chi connectivity index (χ2v) is 7.21. The minimum atomic E-state index is -3.74. The standard InChI is InChI=1S/C14H20N2O4S/c1-10-4-5-12(15-11(2)18)8-13(10)21(19,20)16-14(9-17)6-3-7-14/h4-5,8,16-17H,3,6-7,9H2,1-2H3,(H,15,18). The highest BCUT2D eigenvalue weighted by atomic mass is 32.2. The average molecular weight is 312 g/mol. The second kappa shape index (κ2) is 5.75. The number of aliphatic hydroxyl groups excluding tert-OH is 1. The van der Waals surface area contributed by atoms with Crippen LogP contribution < -0.4 is 10.0 Å². The molecule has 6 nitrogen and oxygen atoms in total. The van der Waals surface area contributed by atoms with Gasteiger partial charge in [0.15, 0.2) is 0 Å². The second-order valence-electron chi connectivity index (χ2n) is 5.56. The summed E-state index contributed by atoms with van der Waals surface area (Å²) in [5.41, 5.74) is 0.277. The predicted octanol–water partition coefficient (Wildman–Crippen LogP) is 1.15. The third-order valence-electron chi connectivity index (χ3n) is 3.76. The summed E-state index contributed by atoms with van der Waals surface area (Å²) in [5, 5.41) is 12.0. The maximum Gasteiger partial charge on any atom is 0.241 e. The summed E-state index contributed by atoms with van der Waals surface area (Å²) < 4.78 is 27.6. The first kappa shape index (κ1) is 15.9. The van der Waals surface area contributed by atoms with Crippen molar-refractivity contribution in [2.75, 3.05) is 11.9 Å². The summed E-state index contributed by atoms with van der Waals surface area (Å²) in [7, 11) is -3.74. The van der Waals surface area contributed by atoms with Gasteiger partial charge in [-0.2, -0.15) is 0 Å². The zero-order valence-corrected chi connectivity index (χ0v) is 13.0. The molecule has 1 aliphatic carbocycles. The highest BCUT2D eigenvalue weighted by Crippen LogP contribution is 2.33. The molecular formula is C14H20N2O4S. The van der Waals surface area contributed by atoms with Gasteiger partial charge in [-0.25, -0.2) is 13.1 Å². The Balaban J connectivity index is 2.32. The van der Waals surface area contributed by atoms with Crippen molar-refractivity contribution in [3.05, 3.63) is 23.8 Å². The van der Waals surface area contributed by atoms with Crippen LogP contribution in [0.25, 0.3) is 0 Å². The van der Waals surface area contributed by atoms with Gasteiger partial charge in [0.05, 0.1) is 17.0 Å². The first-order chi connectivity index (χ1) is 9.78. The van der Waals surface area contributed by atoms with Gasteiger partial charge < -0.3 is 10.4 Å². The normalized spacial score (nSPS) is 17.1. The molecule has 0 radical (unpaired) electrons. The molecule has 0 heterocycles. The molecule has 1 aliphatic rings.